The number of rotatable bonds is 7. The first-order chi connectivity index (χ1) is 9.19. The number of nitrogens with zero attached hydrogens (tertiary/aromatic N) is 4. The SMILES string of the molecule is CCCc1nc(Cn2ccnc2CNC(C)C)no1. The highest BCUT2D eigenvalue weighted by Gasteiger charge is 2.09. The summed E-state index contributed by atoms with van der Waals surface area (Å²) in [5.41, 5.74) is 0. The summed E-state index contributed by atoms with van der Waals surface area (Å²) in [6, 6.07) is 0.437. The summed E-state index contributed by atoms with van der Waals surface area (Å²) in [5.74, 6) is 2.39. The third-order valence-corrected chi connectivity index (χ3v) is 2.76. The Kier molecular flexibility index (Phi) is 4.68. The van der Waals surface area contributed by atoms with Gasteiger partial charge in [0, 0.05) is 24.9 Å². The molecule has 0 atom stereocenters. The molecule has 0 amide bonds. The molecule has 0 aliphatic carbocycles. The van der Waals surface area contributed by atoms with Gasteiger partial charge < -0.3 is 14.4 Å². The maximum atomic E-state index is 5.18. The normalized spacial score (nSPS) is 11.4. The van der Waals surface area contributed by atoms with Gasteiger partial charge in [-0.15, -0.1) is 0 Å². The van der Waals surface area contributed by atoms with Crippen LogP contribution in [0.2, 0.25) is 0 Å². The summed E-state index contributed by atoms with van der Waals surface area (Å²) in [6.07, 6.45) is 5.58. The molecule has 0 unspecified atom stereocenters. The van der Waals surface area contributed by atoms with E-state index in [-0.39, 0.29) is 0 Å². The van der Waals surface area contributed by atoms with Crippen molar-refractivity contribution in [3.63, 3.8) is 0 Å². The Balaban J connectivity index is 1.99. The molecule has 2 rings (SSSR count). The fourth-order valence-corrected chi connectivity index (χ4v) is 1.77. The number of aromatic nitrogens is 4. The molecule has 6 nitrogen and oxygen atoms in total. The van der Waals surface area contributed by atoms with E-state index in [1.54, 1.807) is 6.20 Å². The zero-order valence-corrected chi connectivity index (χ0v) is 11.8. The number of nitrogens with one attached hydrogen (secondary N) is 1. The van der Waals surface area contributed by atoms with E-state index in [4.69, 9.17) is 4.52 Å². The van der Waals surface area contributed by atoms with Crippen molar-refractivity contribution in [1.29, 1.82) is 0 Å². The van der Waals surface area contributed by atoms with Crippen LogP contribution in [0.4, 0.5) is 0 Å². The van der Waals surface area contributed by atoms with Crippen LogP contribution in [0.1, 0.15) is 44.7 Å². The van der Waals surface area contributed by atoms with E-state index in [1.807, 2.05) is 10.8 Å². The summed E-state index contributed by atoms with van der Waals surface area (Å²) in [6.45, 7) is 7.66. The first-order valence-electron chi connectivity index (χ1n) is 6.74. The molecular weight excluding hydrogens is 242 g/mol. The van der Waals surface area contributed by atoms with Gasteiger partial charge in [0.2, 0.25) is 5.89 Å². The highest BCUT2D eigenvalue weighted by molar-refractivity contribution is 4.97. The quantitative estimate of drug-likeness (QED) is 0.824. The number of hydrogen-bond acceptors (Lipinski definition) is 5. The van der Waals surface area contributed by atoms with Gasteiger partial charge in [0.05, 0.1) is 13.1 Å². The van der Waals surface area contributed by atoms with Crippen LogP contribution < -0.4 is 5.32 Å². The van der Waals surface area contributed by atoms with Crippen molar-refractivity contribution in [1.82, 2.24) is 25.0 Å². The lowest BCUT2D eigenvalue weighted by atomic mass is 10.3. The minimum atomic E-state index is 0.437. The highest BCUT2D eigenvalue weighted by Crippen LogP contribution is 2.05. The van der Waals surface area contributed by atoms with E-state index in [9.17, 15) is 0 Å². The van der Waals surface area contributed by atoms with Crippen LogP contribution in [0.5, 0.6) is 0 Å². The van der Waals surface area contributed by atoms with Crippen LogP contribution in [0.25, 0.3) is 0 Å². The largest absolute Gasteiger partial charge is 0.339 e. The summed E-state index contributed by atoms with van der Waals surface area (Å²) in [7, 11) is 0. The Morgan fingerprint density at radius 2 is 2.26 bits per heavy atom. The fourth-order valence-electron chi connectivity index (χ4n) is 1.77. The van der Waals surface area contributed by atoms with Gasteiger partial charge in [0.15, 0.2) is 5.82 Å². The molecule has 19 heavy (non-hydrogen) atoms. The smallest absolute Gasteiger partial charge is 0.226 e. The van der Waals surface area contributed by atoms with E-state index in [1.165, 1.54) is 0 Å². The standard InChI is InChI=1S/C13H21N5O/c1-4-5-13-16-11(17-19-13)9-18-7-6-14-12(18)8-15-10(2)3/h6-7,10,15H,4-5,8-9H2,1-3H3. The number of aryl methyl sites for hydroxylation is 1. The Morgan fingerprint density at radius 3 is 3.00 bits per heavy atom. The van der Waals surface area contributed by atoms with Gasteiger partial charge in [0.1, 0.15) is 5.82 Å². The summed E-state index contributed by atoms with van der Waals surface area (Å²) in [4.78, 5) is 8.71. The van der Waals surface area contributed by atoms with Crippen LogP contribution in [0.15, 0.2) is 16.9 Å². The zero-order chi connectivity index (χ0) is 13.7. The zero-order valence-electron chi connectivity index (χ0n) is 11.8. The van der Waals surface area contributed by atoms with Crippen LogP contribution in [0, 0.1) is 0 Å². The second-order valence-corrected chi connectivity index (χ2v) is 4.86. The molecule has 0 spiro atoms. The lowest BCUT2D eigenvalue weighted by molar-refractivity contribution is 0.370. The predicted molar refractivity (Wildman–Crippen MR) is 71.6 cm³/mol. The lowest BCUT2D eigenvalue weighted by Crippen LogP contribution is -2.24. The van der Waals surface area contributed by atoms with E-state index in [2.05, 4.69) is 41.2 Å². The molecule has 0 saturated heterocycles. The van der Waals surface area contributed by atoms with Gasteiger partial charge in [-0.25, -0.2) is 4.98 Å². The molecule has 0 fully saturated rings. The number of hydrogen-bond donors (Lipinski definition) is 1. The van der Waals surface area contributed by atoms with E-state index < -0.39 is 0 Å². The van der Waals surface area contributed by atoms with Gasteiger partial charge in [0.25, 0.3) is 0 Å². The minimum absolute atomic E-state index is 0.437. The molecule has 2 heterocycles. The molecule has 6 heteroatoms. The highest BCUT2D eigenvalue weighted by atomic mass is 16.5. The Hall–Kier alpha value is -1.69. The van der Waals surface area contributed by atoms with Crippen molar-refractivity contribution < 1.29 is 4.52 Å². The van der Waals surface area contributed by atoms with Crippen LogP contribution >= 0.6 is 0 Å². The van der Waals surface area contributed by atoms with Crippen molar-refractivity contribution >= 4 is 0 Å². The molecule has 0 aliphatic heterocycles. The molecular formula is C13H21N5O. The van der Waals surface area contributed by atoms with Crippen molar-refractivity contribution in [3.8, 4) is 0 Å². The van der Waals surface area contributed by atoms with Crippen molar-refractivity contribution in [3.05, 3.63) is 29.9 Å². The Labute approximate surface area is 113 Å². The molecule has 1 N–H and O–H groups in total. The van der Waals surface area contributed by atoms with Gasteiger partial charge in [-0.1, -0.05) is 25.9 Å². The van der Waals surface area contributed by atoms with E-state index >= 15 is 0 Å². The minimum Gasteiger partial charge on any atom is -0.339 e. The second kappa shape index (κ2) is 6.47. The molecule has 2 aromatic heterocycles. The Bertz CT molecular complexity index is 503. The van der Waals surface area contributed by atoms with E-state index in [0.29, 0.717) is 24.3 Å². The van der Waals surface area contributed by atoms with Crippen molar-refractivity contribution in [2.45, 2.75) is 52.7 Å². The molecule has 104 valence electrons. The predicted octanol–water partition coefficient (Wildman–Crippen LogP) is 1.76. The average Bonchev–Trinajstić information content (AvgIpc) is 2.97. The average molecular weight is 263 g/mol. The molecule has 0 aliphatic rings. The lowest BCUT2D eigenvalue weighted by Gasteiger charge is -2.09. The van der Waals surface area contributed by atoms with Crippen molar-refractivity contribution in [2.75, 3.05) is 0 Å². The van der Waals surface area contributed by atoms with Crippen LogP contribution in [-0.4, -0.2) is 25.7 Å². The Morgan fingerprint density at radius 1 is 1.42 bits per heavy atom. The van der Waals surface area contributed by atoms with Gasteiger partial charge in [-0.3, -0.25) is 0 Å². The van der Waals surface area contributed by atoms with Crippen LogP contribution in [-0.2, 0) is 19.5 Å². The summed E-state index contributed by atoms with van der Waals surface area (Å²) < 4.78 is 7.22. The van der Waals surface area contributed by atoms with E-state index in [0.717, 1.165) is 25.2 Å². The number of imidazole rings is 1. The maximum absolute atomic E-state index is 5.18. The molecule has 0 radical (unpaired) electrons. The third kappa shape index (κ3) is 3.89. The summed E-state index contributed by atoms with van der Waals surface area (Å²) >= 11 is 0. The first-order valence-corrected chi connectivity index (χ1v) is 6.74. The second-order valence-electron chi connectivity index (χ2n) is 4.86. The summed E-state index contributed by atoms with van der Waals surface area (Å²) in [5, 5.41) is 7.34. The van der Waals surface area contributed by atoms with Gasteiger partial charge in [-0.05, 0) is 6.42 Å². The van der Waals surface area contributed by atoms with Crippen molar-refractivity contribution in [2.24, 2.45) is 0 Å². The molecule has 2 aromatic rings. The monoisotopic (exact) mass is 263 g/mol. The van der Waals surface area contributed by atoms with Crippen LogP contribution in [0.3, 0.4) is 0 Å². The third-order valence-electron chi connectivity index (χ3n) is 2.76. The maximum Gasteiger partial charge on any atom is 0.226 e. The topological polar surface area (TPSA) is 68.8 Å². The van der Waals surface area contributed by atoms with Gasteiger partial charge in [-0.2, -0.15) is 4.98 Å². The fraction of sp³-hybridized carbons (Fsp3) is 0.615. The molecule has 0 aromatic carbocycles. The van der Waals surface area contributed by atoms with Gasteiger partial charge >= 0.3 is 0 Å². The molecule has 0 bridgehead atoms. The molecule has 0 saturated carbocycles. The first kappa shape index (κ1) is 13.7.